The second kappa shape index (κ2) is 9.86. The van der Waals surface area contributed by atoms with Crippen LogP contribution in [0.2, 0.25) is 0 Å². The van der Waals surface area contributed by atoms with Gasteiger partial charge in [0.2, 0.25) is 5.91 Å². The molecule has 5 heteroatoms. The monoisotopic (exact) mass is 456 g/mol. The molecule has 1 saturated heterocycles. The first-order chi connectivity index (χ1) is 16.2. The first kappa shape index (κ1) is 21.8. The van der Waals surface area contributed by atoms with Gasteiger partial charge in [-0.2, -0.15) is 0 Å². The van der Waals surface area contributed by atoms with Crippen LogP contribution in [0.15, 0.2) is 78.9 Å². The molecule has 1 unspecified atom stereocenters. The smallest absolute Gasteiger partial charge is 0.229 e. The Morgan fingerprint density at radius 1 is 1.06 bits per heavy atom. The number of benzene rings is 3. The van der Waals surface area contributed by atoms with E-state index in [1.807, 2.05) is 47.4 Å². The van der Waals surface area contributed by atoms with E-state index >= 15 is 0 Å². The predicted molar refractivity (Wildman–Crippen MR) is 135 cm³/mol. The van der Waals surface area contributed by atoms with E-state index in [2.05, 4.69) is 43.3 Å². The molecule has 33 heavy (non-hydrogen) atoms. The number of rotatable bonds is 7. The van der Waals surface area contributed by atoms with Gasteiger partial charge in [-0.05, 0) is 48.6 Å². The van der Waals surface area contributed by atoms with E-state index in [9.17, 15) is 4.79 Å². The number of carbonyl (C=O) groups is 1. The summed E-state index contributed by atoms with van der Waals surface area (Å²) in [5, 5.41) is 0.760. The number of ether oxygens (including phenoxy) is 1. The predicted octanol–water partition coefficient (Wildman–Crippen LogP) is 6.34. The van der Waals surface area contributed by atoms with Gasteiger partial charge in [0.1, 0.15) is 0 Å². The summed E-state index contributed by atoms with van der Waals surface area (Å²) in [6, 6.07) is 26.9. The van der Waals surface area contributed by atoms with E-state index in [0.717, 1.165) is 45.9 Å². The van der Waals surface area contributed by atoms with E-state index in [-0.39, 0.29) is 17.9 Å². The maximum absolute atomic E-state index is 13.9. The van der Waals surface area contributed by atoms with Crippen molar-refractivity contribution >= 4 is 32.6 Å². The van der Waals surface area contributed by atoms with E-state index < -0.39 is 0 Å². The van der Waals surface area contributed by atoms with Crippen LogP contribution in [0.5, 0.6) is 0 Å². The maximum atomic E-state index is 13.9. The third-order valence-electron chi connectivity index (χ3n) is 6.26. The summed E-state index contributed by atoms with van der Waals surface area (Å²) >= 11 is 1.59. The van der Waals surface area contributed by atoms with E-state index in [1.54, 1.807) is 11.3 Å². The van der Waals surface area contributed by atoms with Crippen LogP contribution >= 0.6 is 11.3 Å². The van der Waals surface area contributed by atoms with Crippen LogP contribution in [0.25, 0.3) is 10.2 Å². The molecule has 4 nitrogen and oxygen atoms in total. The Labute approximate surface area is 198 Å². The molecule has 3 aromatic carbocycles. The van der Waals surface area contributed by atoms with Gasteiger partial charge in [0.25, 0.3) is 0 Å². The van der Waals surface area contributed by atoms with Crippen LogP contribution in [0.1, 0.15) is 41.9 Å². The van der Waals surface area contributed by atoms with Crippen LogP contribution in [-0.4, -0.2) is 30.1 Å². The number of anilines is 1. The molecular formula is C28H28N2O2S. The van der Waals surface area contributed by atoms with Gasteiger partial charge in [0.05, 0.1) is 22.9 Å². The largest absolute Gasteiger partial charge is 0.376 e. The standard InChI is InChI=1S/C28H28N2O2S/c1-20-14-15-25-26(17-20)33-28(29-25)30(19-23-13-8-16-32-23)27(31)18-24(21-9-4-2-5-10-21)22-11-6-3-7-12-22/h2-7,9-12,14-15,17,23-24H,8,13,16,18-19H2,1H3. The zero-order chi connectivity index (χ0) is 22.6. The Morgan fingerprint density at radius 2 is 1.76 bits per heavy atom. The third-order valence-corrected chi connectivity index (χ3v) is 7.30. The fourth-order valence-corrected chi connectivity index (χ4v) is 5.59. The Bertz CT molecular complexity index is 1180. The summed E-state index contributed by atoms with van der Waals surface area (Å²) in [5.74, 6) is 0.0718. The summed E-state index contributed by atoms with van der Waals surface area (Å²) in [6.45, 7) is 3.40. The molecule has 0 N–H and O–H groups in total. The number of hydrogen-bond donors (Lipinski definition) is 0. The molecule has 0 radical (unpaired) electrons. The molecule has 2 heterocycles. The summed E-state index contributed by atoms with van der Waals surface area (Å²) in [4.78, 5) is 20.6. The lowest BCUT2D eigenvalue weighted by atomic mass is 9.88. The second-order valence-corrected chi connectivity index (χ2v) is 9.69. The fourth-order valence-electron chi connectivity index (χ4n) is 4.50. The van der Waals surface area contributed by atoms with Gasteiger partial charge in [0, 0.05) is 18.9 Å². The van der Waals surface area contributed by atoms with Gasteiger partial charge >= 0.3 is 0 Å². The third kappa shape index (κ3) is 5.00. The number of amides is 1. The van der Waals surface area contributed by atoms with Gasteiger partial charge in [-0.3, -0.25) is 9.69 Å². The molecule has 1 atom stereocenters. The highest BCUT2D eigenvalue weighted by Gasteiger charge is 2.29. The minimum atomic E-state index is -0.0106. The number of hydrogen-bond acceptors (Lipinski definition) is 4. The number of carbonyl (C=O) groups excluding carboxylic acids is 1. The summed E-state index contributed by atoms with van der Waals surface area (Å²) in [6.07, 6.45) is 2.47. The number of nitrogens with zero attached hydrogens (tertiary/aromatic N) is 2. The van der Waals surface area contributed by atoms with Crippen molar-refractivity contribution in [2.45, 2.75) is 38.2 Å². The summed E-state index contributed by atoms with van der Waals surface area (Å²) in [5.41, 5.74) is 4.43. The van der Waals surface area contributed by atoms with Crippen LogP contribution in [0.3, 0.4) is 0 Å². The SMILES string of the molecule is Cc1ccc2nc(N(CC3CCCO3)C(=O)CC(c3ccccc3)c3ccccc3)sc2c1. The Hall–Kier alpha value is -3.02. The zero-order valence-electron chi connectivity index (χ0n) is 18.8. The molecule has 0 aliphatic carbocycles. The molecule has 0 saturated carbocycles. The van der Waals surface area contributed by atoms with Crippen molar-refractivity contribution < 1.29 is 9.53 Å². The van der Waals surface area contributed by atoms with Crippen LogP contribution in [-0.2, 0) is 9.53 Å². The van der Waals surface area contributed by atoms with Crippen molar-refractivity contribution in [1.29, 1.82) is 0 Å². The molecule has 1 fully saturated rings. The molecule has 4 aromatic rings. The van der Waals surface area contributed by atoms with Gasteiger partial charge in [-0.25, -0.2) is 4.98 Å². The van der Waals surface area contributed by atoms with Crippen molar-refractivity contribution in [3.05, 3.63) is 95.6 Å². The van der Waals surface area contributed by atoms with Crippen molar-refractivity contribution in [2.24, 2.45) is 0 Å². The molecule has 0 bridgehead atoms. The van der Waals surface area contributed by atoms with Crippen LogP contribution < -0.4 is 4.90 Å². The first-order valence-electron chi connectivity index (χ1n) is 11.6. The average Bonchev–Trinajstić information content (AvgIpc) is 3.51. The molecule has 168 valence electrons. The Balaban J connectivity index is 1.48. The quantitative estimate of drug-likeness (QED) is 0.326. The fraction of sp³-hybridized carbons (Fsp3) is 0.286. The molecule has 1 aliphatic rings. The van der Waals surface area contributed by atoms with Gasteiger partial charge in [-0.15, -0.1) is 0 Å². The lowest BCUT2D eigenvalue weighted by Gasteiger charge is -2.26. The molecule has 1 aromatic heterocycles. The minimum Gasteiger partial charge on any atom is -0.376 e. The topological polar surface area (TPSA) is 42.4 Å². The number of fused-ring (bicyclic) bond motifs is 1. The summed E-state index contributed by atoms with van der Waals surface area (Å²) < 4.78 is 7.01. The second-order valence-electron chi connectivity index (χ2n) is 8.69. The highest BCUT2D eigenvalue weighted by atomic mass is 32.1. The first-order valence-corrected chi connectivity index (χ1v) is 12.4. The number of thiazole rings is 1. The lowest BCUT2D eigenvalue weighted by molar-refractivity contribution is -0.119. The van der Waals surface area contributed by atoms with Gasteiger partial charge in [0.15, 0.2) is 5.13 Å². The Morgan fingerprint density at radius 3 is 2.39 bits per heavy atom. The van der Waals surface area contributed by atoms with Gasteiger partial charge in [-0.1, -0.05) is 78.1 Å². The van der Waals surface area contributed by atoms with Gasteiger partial charge < -0.3 is 4.74 Å². The number of aromatic nitrogens is 1. The van der Waals surface area contributed by atoms with Crippen LogP contribution in [0.4, 0.5) is 5.13 Å². The molecule has 5 rings (SSSR count). The van der Waals surface area contributed by atoms with Crippen LogP contribution in [0, 0.1) is 6.92 Å². The van der Waals surface area contributed by atoms with E-state index in [1.165, 1.54) is 5.56 Å². The highest BCUT2D eigenvalue weighted by Crippen LogP contribution is 2.34. The van der Waals surface area contributed by atoms with Crippen molar-refractivity contribution in [3.8, 4) is 0 Å². The lowest BCUT2D eigenvalue weighted by Crippen LogP contribution is -2.38. The average molecular weight is 457 g/mol. The molecular weight excluding hydrogens is 428 g/mol. The minimum absolute atomic E-state index is 0.0106. The van der Waals surface area contributed by atoms with Crippen molar-refractivity contribution in [3.63, 3.8) is 0 Å². The zero-order valence-corrected chi connectivity index (χ0v) is 19.6. The highest BCUT2D eigenvalue weighted by molar-refractivity contribution is 7.22. The summed E-state index contributed by atoms with van der Waals surface area (Å²) in [7, 11) is 0. The van der Waals surface area contributed by atoms with E-state index in [4.69, 9.17) is 9.72 Å². The maximum Gasteiger partial charge on any atom is 0.229 e. The molecule has 1 aliphatic heterocycles. The van der Waals surface area contributed by atoms with Crippen molar-refractivity contribution in [1.82, 2.24) is 4.98 Å². The van der Waals surface area contributed by atoms with E-state index in [0.29, 0.717) is 13.0 Å². The normalized spacial score (nSPS) is 15.9. The van der Waals surface area contributed by atoms with Crippen molar-refractivity contribution in [2.75, 3.05) is 18.1 Å². The number of aryl methyl sites for hydroxylation is 1. The Kier molecular flexibility index (Phi) is 6.51. The molecule has 1 amide bonds. The molecule has 0 spiro atoms.